The normalized spacial score (nSPS) is 33.9. The lowest BCUT2D eigenvalue weighted by Crippen LogP contribution is -2.28. The molecule has 12 heavy (non-hydrogen) atoms. The van der Waals surface area contributed by atoms with Crippen LogP contribution < -0.4 is 0 Å². The Kier molecular flexibility index (Phi) is 2.07. The topological polar surface area (TPSA) is 20.3 Å². The molecular formula is C10H19NO. The SMILES string of the molecule is CCC(=O)N1CC2CCC[C@@H]2C1.[HH]. The molecule has 2 aliphatic rings. The number of nitrogens with zero attached hydrogens (tertiary/aromatic N) is 1. The largest absolute Gasteiger partial charge is 0.342 e. The van der Waals surface area contributed by atoms with Crippen LogP contribution in [-0.2, 0) is 4.79 Å². The Hall–Kier alpha value is -0.530. The van der Waals surface area contributed by atoms with Crippen molar-refractivity contribution in [2.24, 2.45) is 11.8 Å². The van der Waals surface area contributed by atoms with E-state index in [1.54, 1.807) is 0 Å². The molecule has 0 aromatic carbocycles. The van der Waals surface area contributed by atoms with Crippen LogP contribution in [0, 0.1) is 11.8 Å². The van der Waals surface area contributed by atoms with E-state index in [-0.39, 0.29) is 1.43 Å². The van der Waals surface area contributed by atoms with E-state index < -0.39 is 0 Å². The van der Waals surface area contributed by atoms with Gasteiger partial charge in [0.25, 0.3) is 0 Å². The average molecular weight is 169 g/mol. The predicted molar refractivity (Wildman–Crippen MR) is 49.8 cm³/mol. The van der Waals surface area contributed by atoms with Gasteiger partial charge in [-0.2, -0.15) is 0 Å². The van der Waals surface area contributed by atoms with Crippen LogP contribution in [0.15, 0.2) is 0 Å². The Morgan fingerprint density at radius 2 is 2.00 bits per heavy atom. The van der Waals surface area contributed by atoms with E-state index in [1.807, 2.05) is 6.92 Å². The lowest BCUT2D eigenvalue weighted by atomic mass is 10.0. The van der Waals surface area contributed by atoms with Crippen LogP contribution >= 0.6 is 0 Å². The van der Waals surface area contributed by atoms with Gasteiger partial charge in [-0.1, -0.05) is 13.3 Å². The second-order valence-electron chi connectivity index (χ2n) is 4.10. The Bertz CT molecular complexity index is 183. The molecule has 0 radical (unpaired) electrons. The van der Waals surface area contributed by atoms with Crippen LogP contribution in [-0.4, -0.2) is 23.9 Å². The average Bonchev–Trinajstić information content (AvgIpc) is 2.60. The van der Waals surface area contributed by atoms with Crippen LogP contribution in [0.5, 0.6) is 0 Å². The molecule has 1 saturated heterocycles. The zero-order valence-electron chi connectivity index (χ0n) is 7.75. The zero-order valence-corrected chi connectivity index (χ0v) is 7.75. The lowest BCUT2D eigenvalue weighted by Gasteiger charge is -2.15. The Morgan fingerprint density at radius 1 is 1.42 bits per heavy atom. The number of rotatable bonds is 1. The fourth-order valence-corrected chi connectivity index (χ4v) is 2.66. The van der Waals surface area contributed by atoms with E-state index in [1.165, 1.54) is 19.3 Å². The third-order valence-electron chi connectivity index (χ3n) is 3.38. The molecule has 0 aromatic rings. The molecular weight excluding hydrogens is 150 g/mol. The fraction of sp³-hybridized carbons (Fsp3) is 0.900. The number of carbonyl (C=O) groups excluding carboxylic acids is 1. The molecule has 2 nitrogen and oxygen atoms in total. The van der Waals surface area contributed by atoms with Gasteiger partial charge in [-0.25, -0.2) is 0 Å². The second kappa shape index (κ2) is 3.08. The minimum absolute atomic E-state index is 0. The number of carbonyl (C=O) groups is 1. The molecule has 70 valence electrons. The van der Waals surface area contributed by atoms with Gasteiger partial charge in [-0.05, 0) is 24.7 Å². The van der Waals surface area contributed by atoms with Crippen LogP contribution in [0.4, 0.5) is 0 Å². The maximum absolute atomic E-state index is 11.4. The van der Waals surface area contributed by atoms with E-state index in [0.717, 1.165) is 24.9 Å². The highest BCUT2D eigenvalue weighted by Crippen LogP contribution is 2.37. The van der Waals surface area contributed by atoms with Gasteiger partial charge >= 0.3 is 0 Å². The molecule has 1 amide bonds. The van der Waals surface area contributed by atoms with Gasteiger partial charge in [0.2, 0.25) is 5.91 Å². The molecule has 2 heteroatoms. The van der Waals surface area contributed by atoms with Crippen LogP contribution in [0.2, 0.25) is 0 Å². The third kappa shape index (κ3) is 1.23. The first kappa shape index (κ1) is 8.09. The van der Waals surface area contributed by atoms with Crippen molar-refractivity contribution < 1.29 is 6.22 Å². The monoisotopic (exact) mass is 169 g/mol. The summed E-state index contributed by atoms with van der Waals surface area (Å²) in [5, 5.41) is 0. The van der Waals surface area contributed by atoms with Gasteiger partial charge in [0.05, 0.1) is 0 Å². The molecule has 1 unspecified atom stereocenters. The minimum Gasteiger partial charge on any atom is -0.342 e. The van der Waals surface area contributed by atoms with Crippen molar-refractivity contribution in [2.45, 2.75) is 32.6 Å². The summed E-state index contributed by atoms with van der Waals surface area (Å²) in [6, 6.07) is 0. The summed E-state index contributed by atoms with van der Waals surface area (Å²) in [5.41, 5.74) is 0. The summed E-state index contributed by atoms with van der Waals surface area (Å²) in [4.78, 5) is 13.4. The van der Waals surface area contributed by atoms with Crippen molar-refractivity contribution in [2.75, 3.05) is 13.1 Å². The molecule has 0 N–H and O–H groups in total. The molecule has 1 saturated carbocycles. The summed E-state index contributed by atoms with van der Waals surface area (Å²) in [6.07, 6.45) is 4.79. The number of amides is 1. The lowest BCUT2D eigenvalue weighted by molar-refractivity contribution is -0.130. The summed E-state index contributed by atoms with van der Waals surface area (Å²) < 4.78 is 0. The summed E-state index contributed by atoms with van der Waals surface area (Å²) in [5.74, 6) is 2.05. The molecule has 0 aromatic heterocycles. The molecule has 2 fully saturated rings. The highest BCUT2D eigenvalue weighted by Gasteiger charge is 2.37. The van der Waals surface area contributed by atoms with Crippen molar-refractivity contribution in [1.29, 1.82) is 0 Å². The van der Waals surface area contributed by atoms with E-state index in [4.69, 9.17) is 0 Å². The highest BCUT2D eigenvalue weighted by atomic mass is 16.2. The number of likely N-dealkylation sites (tertiary alicyclic amines) is 1. The quantitative estimate of drug-likeness (QED) is 0.587. The molecule has 2 rings (SSSR count). The van der Waals surface area contributed by atoms with Gasteiger partial charge in [-0.15, -0.1) is 0 Å². The summed E-state index contributed by atoms with van der Waals surface area (Å²) in [7, 11) is 0. The predicted octanol–water partition coefficient (Wildman–Crippen LogP) is 1.90. The van der Waals surface area contributed by atoms with Crippen molar-refractivity contribution in [3.8, 4) is 0 Å². The van der Waals surface area contributed by atoms with Crippen molar-refractivity contribution in [3.63, 3.8) is 0 Å². The van der Waals surface area contributed by atoms with Crippen molar-refractivity contribution >= 4 is 5.91 Å². The smallest absolute Gasteiger partial charge is 0.222 e. The summed E-state index contributed by atoms with van der Waals surface area (Å²) >= 11 is 0. The van der Waals surface area contributed by atoms with Crippen LogP contribution in [0.3, 0.4) is 0 Å². The molecule has 2 atom stereocenters. The van der Waals surface area contributed by atoms with E-state index in [2.05, 4.69) is 4.90 Å². The van der Waals surface area contributed by atoms with E-state index in [9.17, 15) is 4.79 Å². The molecule has 1 aliphatic heterocycles. The Morgan fingerprint density at radius 3 is 2.50 bits per heavy atom. The molecule has 1 heterocycles. The first-order valence-corrected chi connectivity index (χ1v) is 5.09. The zero-order chi connectivity index (χ0) is 8.55. The minimum atomic E-state index is 0. The van der Waals surface area contributed by atoms with Crippen LogP contribution in [0.25, 0.3) is 0 Å². The van der Waals surface area contributed by atoms with Gasteiger partial charge in [-0.3, -0.25) is 4.79 Å². The standard InChI is InChI=1S/C10H17NO.H2/c1-2-10(12)11-6-8-4-3-5-9(8)7-11;/h8-9H,2-7H2,1H3;1H/t8-,9?;/m1./s1. The van der Waals surface area contributed by atoms with E-state index in [0.29, 0.717) is 12.3 Å². The number of hydrogen-bond donors (Lipinski definition) is 0. The maximum Gasteiger partial charge on any atom is 0.222 e. The Balaban J connectivity index is 0.000000845. The van der Waals surface area contributed by atoms with Gasteiger partial charge in [0, 0.05) is 20.9 Å². The molecule has 0 bridgehead atoms. The molecule has 0 spiro atoms. The van der Waals surface area contributed by atoms with E-state index >= 15 is 0 Å². The first-order chi connectivity index (χ1) is 5.81. The third-order valence-corrected chi connectivity index (χ3v) is 3.38. The second-order valence-corrected chi connectivity index (χ2v) is 4.10. The number of hydrogen-bond acceptors (Lipinski definition) is 1. The number of fused-ring (bicyclic) bond motifs is 1. The van der Waals surface area contributed by atoms with Gasteiger partial charge in [0.15, 0.2) is 0 Å². The van der Waals surface area contributed by atoms with Crippen molar-refractivity contribution in [3.05, 3.63) is 0 Å². The van der Waals surface area contributed by atoms with Gasteiger partial charge in [0.1, 0.15) is 0 Å². The maximum atomic E-state index is 11.4. The van der Waals surface area contributed by atoms with Gasteiger partial charge < -0.3 is 4.90 Å². The Labute approximate surface area is 75.4 Å². The fourth-order valence-electron chi connectivity index (χ4n) is 2.66. The van der Waals surface area contributed by atoms with Crippen molar-refractivity contribution in [1.82, 2.24) is 4.90 Å². The van der Waals surface area contributed by atoms with Crippen LogP contribution in [0.1, 0.15) is 34.0 Å². The highest BCUT2D eigenvalue weighted by molar-refractivity contribution is 5.76. The first-order valence-electron chi connectivity index (χ1n) is 5.09. The molecule has 1 aliphatic carbocycles. The summed E-state index contributed by atoms with van der Waals surface area (Å²) in [6.45, 7) is 4.06.